The smallest absolute Gasteiger partial charge is 0.0620 e. The Morgan fingerprint density at radius 3 is 1.00 bits per heavy atom. The van der Waals surface area contributed by atoms with Crippen LogP contribution in [-0.2, 0) is 0 Å². The van der Waals surface area contributed by atoms with Gasteiger partial charge >= 0.3 is 0 Å². The first-order valence-corrected chi connectivity index (χ1v) is 22.3. The van der Waals surface area contributed by atoms with E-state index in [0.717, 1.165) is 34.1 Å². The molecule has 65 heavy (non-hydrogen) atoms. The molecule has 304 valence electrons. The Morgan fingerprint density at radius 1 is 0.231 bits per heavy atom. The fraction of sp³-hybridized carbons (Fsp3) is 0. The van der Waals surface area contributed by atoms with Crippen molar-refractivity contribution in [2.75, 3.05) is 9.80 Å². The molecule has 0 radical (unpaired) electrons. The second-order valence-electron chi connectivity index (χ2n) is 17.0. The Morgan fingerprint density at radius 2 is 0.585 bits per heavy atom. The summed E-state index contributed by atoms with van der Waals surface area (Å²) in [6.07, 6.45) is 0. The molecule has 13 rings (SSSR count). The van der Waals surface area contributed by atoms with Crippen LogP contribution >= 0.6 is 0 Å². The van der Waals surface area contributed by atoms with Crippen LogP contribution < -0.4 is 9.80 Å². The average molecular weight is 828 g/mol. The number of para-hydroxylation sites is 3. The molecule has 2 heterocycles. The summed E-state index contributed by atoms with van der Waals surface area (Å²) < 4.78 is 2.52. The van der Waals surface area contributed by atoms with E-state index in [4.69, 9.17) is 0 Å². The molecule has 0 fully saturated rings. The van der Waals surface area contributed by atoms with Crippen molar-refractivity contribution in [1.82, 2.24) is 4.40 Å². The lowest BCUT2D eigenvalue weighted by molar-refractivity contribution is 1.29. The highest BCUT2D eigenvalue weighted by Crippen LogP contribution is 2.44. The van der Waals surface area contributed by atoms with Crippen molar-refractivity contribution in [3.63, 3.8) is 0 Å². The standard InChI is InChI=1S/C62H41N3/c1-5-14-42(15-6-1)44-24-30-52(31-25-44)63(50-18-9-3-10-19-50)54-34-28-46-38-58-56-22-13-23-57-59-39-47-29-35-55(37-49(47)41-61(59)65(62(56)57)60(58)40-48(46)36-54)64(51-20-11-4-12-21-51)53-32-26-45(27-33-53)43-16-7-2-8-17-43/h1-41H. The Hall–Kier alpha value is -8.66. The summed E-state index contributed by atoms with van der Waals surface area (Å²) in [6.45, 7) is 0. The van der Waals surface area contributed by atoms with E-state index in [1.165, 1.54) is 81.9 Å². The van der Waals surface area contributed by atoms with E-state index >= 15 is 0 Å². The first-order chi connectivity index (χ1) is 32.2. The Bertz CT molecular complexity index is 3590. The lowest BCUT2D eigenvalue weighted by atomic mass is 10.0. The topological polar surface area (TPSA) is 10.9 Å². The van der Waals surface area contributed by atoms with Crippen LogP contribution in [-0.4, -0.2) is 4.40 Å². The second kappa shape index (κ2) is 15.0. The zero-order valence-corrected chi connectivity index (χ0v) is 35.5. The van der Waals surface area contributed by atoms with Gasteiger partial charge in [0.2, 0.25) is 0 Å². The van der Waals surface area contributed by atoms with Crippen LogP contribution in [0.3, 0.4) is 0 Å². The van der Waals surface area contributed by atoms with Crippen LogP contribution in [0.1, 0.15) is 0 Å². The number of aromatic nitrogens is 1. The van der Waals surface area contributed by atoms with Crippen molar-refractivity contribution in [3.05, 3.63) is 249 Å². The normalized spacial score (nSPS) is 11.7. The van der Waals surface area contributed by atoms with Crippen LogP contribution in [0.4, 0.5) is 34.1 Å². The van der Waals surface area contributed by atoms with E-state index < -0.39 is 0 Å². The van der Waals surface area contributed by atoms with Crippen LogP contribution in [0.15, 0.2) is 249 Å². The van der Waals surface area contributed by atoms with Gasteiger partial charge in [0.25, 0.3) is 0 Å². The van der Waals surface area contributed by atoms with E-state index in [9.17, 15) is 0 Å². The van der Waals surface area contributed by atoms with Crippen LogP contribution in [0.25, 0.3) is 81.9 Å². The van der Waals surface area contributed by atoms with Gasteiger partial charge in [-0.25, -0.2) is 0 Å². The van der Waals surface area contributed by atoms with Crippen molar-refractivity contribution < 1.29 is 0 Å². The van der Waals surface area contributed by atoms with Gasteiger partial charge in [-0.2, -0.15) is 0 Å². The third kappa shape index (κ3) is 6.20. The largest absolute Gasteiger partial charge is 0.310 e. The molecule has 0 saturated carbocycles. The van der Waals surface area contributed by atoms with E-state index in [1.807, 2.05) is 0 Å². The number of hydrogen-bond acceptors (Lipinski definition) is 2. The predicted octanol–water partition coefficient (Wildman–Crippen LogP) is 17.4. The van der Waals surface area contributed by atoms with E-state index in [1.54, 1.807) is 0 Å². The molecule has 3 heteroatoms. The first kappa shape index (κ1) is 36.9. The zero-order valence-electron chi connectivity index (χ0n) is 35.5. The number of rotatable bonds is 8. The molecule has 0 bridgehead atoms. The van der Waals surface area contributed by atoms with Gasteiger partial charge in [0.05, 0.1) is 16.6 Å². The lowest BCUT2D eigenvalue weighted by Crippen LogP contribution is -2.09. The molecule has 11 aromatic carbocycles. The third-order valence-corrected chi connectivity index (χ3v) is 13.2. The van der Waals surface area contributed by atoms with Gasteiger partial charge in [-0.05, 0) is 141 Å². The molecule has 0 spiro atoms. The van der Waals surface area contributed by atoms with Gasteiger partial charge in [0, 0.05) is 55.7 Å². The van der Waals surface area contributed by atoms with Crippen molar-refractivity contribution in [1.29, 1.82) is 0 Å². The highest BCUT2D eigenvalue weighted by Gasteiger charge is 2.21. The predicted molar refractivity (Wildman–Crippen MR) is 276 cm³/mol. The van der Waals surface area contributed by atoms with E-state index in [-0.39, 0.29) is 0 Å². The molecule has 0 aliphatic heterocycles. The summed E-state index contributed by atoms with van der Waals surface area (Å²) in [5.74, 6) is 0. The van der Waals surface area contributed by atoms with Gasteiger partial charge in [-0.1, -0.05) is 152 Å². The average Bonchev–Trinajstić information content (AvgIpc) is 3.88. The lowest BCUT2D eigenvalue weighted by Gasteiger charge is -2.26. The number of anilines is 6. The molecule has 0 atom stereocenters. The SMILES string of the molecule is c1ccc(-c2ccc(N(c3ccccc3)c3ccc4cc5c6cccc7c8cc9ccc(N(c%10ccccc%10)c%10ccc(-c%11ccccc%11)cc%10)cc9cc8n(c5cc4c3)c67)cc2)cc1. The number of fused-ring (bicyclic) bond motifs is 8. The fourth-order valence-electron chi connectivity index (χ4n) is 10.1. The van der Waals surface area contributed by atoms with Gasteiger partial charge in [0.1, 0.15) is 0 Å². The minimum absolute atomic E-state index is 1.11. The molecule has 0 N–H and O–H groups in total. The van der Waals surface area contributed by atoms with Crippen molar-refractivity contribution in [2.24, 2.45) is 0 Å². The van der Waals surface area contributed by atoms with Crippen molar-refractivity contribution in [2.45, 2.75) is 0 Å². The van der Waals surface area contributed by atoms with Gasteiger partial charge < -0.3 is 14.2 Å². The molecule has 13 aromatic rings. The number of benzene rings is 11. The molecule has 0 aliphatic carbocycles. The summed E-state index contributed by atoms with van der Waals surface area (Å²) in [7, 11) is 0. The molecule has 3 nitrogen and oxygen atoms in total. The second-order valence-corrected chi connectivity index (χ2v) is 17.0. The van der Waals surface area contributed by atoms with E-state index in [0.29, 0.717) is 0 Å². The minimum Gasteiger partial charge on any atom is -0.310 e. The van der Waals surface area contributed by atoms with Gasteiger partial charge in [0.15, 0.2) is 0 Å². The fourth-order valence-corrected chi connectivity index (χ4v) is 10.1. The van der Waals surface area contributed by atoms with Crippen molar-refractivity contribution >= 4 is 93.8 Å². The summed E-state index contributed by atoms with van der Waals surface area (Å²) in [5, 5.41) is 9.95. The zero-order chi connectivity index (χ0) is 42.8. The maximum atomic E-state index is 2.52. The molecule has 0 aliphatic rings. The van der Waals surface area contributed by atoms with Crippen LogP contribution in [0.2, 0.25) is 0 Å². The highest BCUT2D eigenvalue weighted by atomic mass is 15.1. The summed E-state index contributed by atoms with van der Waals surface area (Å²) >= 11 is 0. The Labute approximate surface area is 377 Å². The summed E-state index contributed by atoms with van der Waals surface area (Å²) in [6, 6.07) is 90.6. The monoisotopic (exact) mass is 827 g/mol. The number of nitrogens with zero attached hydrogens (tertiary/aromatic N) is 3. The third-order valence-electron chi connectivity index (χ3n) is 13.2. The van der Waals surface area contributed by atoms with E-state index in [2.05, 4.69) is 263 Å². The molecule has 0 amide bonds. The molecule has 0 unspecified atom stereocenters. The first-order valence-electron chi connectivity index (χ1n) is 22.3. The van der Waals surface area contributed by atoms with Crippen LogP contribution in [0, 0.1) is 0 Å². The molecule has 2 aromatic heterocycles. The molecular formula is C62H41N3. The maximum absolute atomic E-state index is 2.52. The number of hydrogen-bond donors (Lipinski definition) is 0. The Kier molecular flexibility index (Phi) is 8.53. The summed E-state index contributed by atoms with van der Waals surface area (Å²) in [5.41, 5.74) is 15.2. The summed E-state index contributed by atoms with van der Waals surface area (Å²) in [4.78, 5) is 4.72. The molecule has 0 saturated heterocycles. The quantitative estimate of drug-likeness (QED) is 0.151. The maximum Gasteiger partial charge on any atom is 0.0620 e. The highest BCUT2D eigenvalue weighted by molar-refractivity contribution is 6.26. The molecular weight excluding hydrogens is 787 g/mol. The minimum atomic E-state index is 1.11. The van der Waals surface area contributed by atoms with Gasteiger partial charge in [-0.3, -0.25) is 0 Å². The van der Waals surface area contributed by atoms with Crippen molar-refractivity contribution in [3.8, 4) is 22.3 Å². The van der Waals surface area contributed by atoms with Crippen LogP contribution in [0.5, 0.6) is 0 Å². The van der Waals surface area contributed by atoms with Gasteiger partial charge in [-0.15, -0.1) is 0 Å². The Balaban J connectivity index is 0.957.